The third kappa shape index (κ3) is 4.05. The molecule has 0 saturated heterocycles. The van der Waals surface area contributed by atoms with Crippen LogP contribution in [-0.4, -0.2) is 39.1 Å². The summed E-state index contributed by atoms with van der Waals surface area (Å²) in [5, 5.41) is 1.76. The molecule has 0 bridgehead atoms. The average molecular weight is 464 g/mol. The highest BCUT2D eigenvalue weighted by Gasteiger charge is 2.35. The fourth-order valence-electron chi connectivity index (χ4n) is 4.23. The standard InChI is InChI=1S/C24H22ClN5O3/c1-2-32-24(31)30-10-9-17-18-11-15(25)5-8-19(18)29-22(17)23(30)14-3-6-16(7-4-14)33-21-13-27-20(26)12-28-21/h3-8,11-13,23,29H,2,9-10H2,1H3,(H2,26,27)/t23-/m0/s1. The number of carbonyl (C=O) groups excluding carboxylic acids is 1. The predicted octanol–water partition coefficient (Wildman–Crippen LogP) is 5.09. The van der Waals surface area contributed by atoms with Crippen molar-refractivity contribution in [1.29, 1.82) is 0 Å². The molecule has 1 aliphatic heterocycles. The van der Waals surface area contributed by atoms with Crippen LogP contribution in [0.25, 0.3) is 10.9 Å². The maximum absolute atomic E-state index is 12.8. The maximum atomic E-state index is 12.8. The lowest BCUT2D eigenvalue weighted by atomic mass is 9.92. The van der Waals surface area contributed by atoms with E-state index in [0.717, 1.165) is 27.7 Å². The summed E-state index contributed by atoms with van der Waals surface area (Å²) in [6.07, 6.45) is 3.27. The third-order valence-electron chi connectivity index (χ3n) is 5.66. The normalized spacial score (nSPS) is 15.3. The van der Waals surface area contributed by atoms with E-state index in [1.807, 2.05) is 42.5 Å². The van der Waals surface area contributed by atoms with Gasteiger partial charge in [0.05, 0.1) is 19.0 Å². The molecule has 33 heavy (non-hydrogen) atoms. The van der Waals surface area contributed by atoms with Crippen molar-refractivity contribution in [1.82, 2.24) is 19.9 Å². The van der Waals surface area contributed by atoms with Gasteiger partial charge in [-0.25, -0.2) is 14.8 Å². The lowest BCUT2D eigenvalue weighted by Crippen LogP contribution is -2.40. The number of rotatable bonds is 4. The summed E-state index contributed by atoms with van der Waals surface area (Å²) in [5.74, 6) is 1.27. The van der Waals surface area contributed by atoms with E-state index in [2.05, 4.69) is 15.0 Å². The van der Waals surface area contributed by atoms with Gasteiger partial charge in [-0.1, -0.05) is 23.7 Å². The number of fused-ring (bicyclic) bond motifs is 3. The lowest BCUT2D eigenvalue weighted by Gasteiger charge is -2.35. The van der Waals surface area contributed by atoms with Gasteiger partial charge in [0.2, 0.25) is 5.88 Å². The summed E-state index contributed by atoms with van der Waals surface area (Å²) in [6.45, 7) is 2.65. The van der Waals surface area contributed by atoms with Gasteiger partial charge in [-0.3, -0.25) is 4.90 Å². The van der Waals surface area contributed by atoms with Crippen LogP contribution in [0.2, 0.25) is 5.02 Å². The summed E-state index contributed by atoms with van der Waals surface area (Å²) in [7, 11) is 0. The lowest BCUT2D eigenvalue weighted by molar-refractivity contribution is 0.0932. The molecule has 1 aliphatic rings. The fraction of sp³-hybridized carbons (Fsp3) is 0.208. The SMILES string of the molecule is CCOC(=O)N1CCc2c([nH]c3ccc(Cl)cc23)[C@@H]1c1ccc(Oc2cnc(N)cn2)cc1. The van der Waals surface area contributed by atoms with Crippen LogP contribution in [0.5, 0.6) is 11.6 Å². The van der Waals surface area contributed by atoms with Crippen molar-refractivity contribution in [3.63, 3.8) is 0 Å². The number of nitrogens with two attached hydrogens (primary N) is 1. The highest BCUT2D eigenvalue weighted by Crippen LogP contribution is 2.40. The van der Waals surface area contributed by atoms with E-state index in [4.69, 9.17) is 26.8 Å². The van der Waals surface area contributed by atoms with E-state index in [1.165, 1.54) is 12.4 Å². The van der Waals surface area contributed by atoms with Crippen LogP contribution in [0, 0.1) is 0 Å². The first-order valence-corrected chi connectivity index (χ1v) is 11.0. The average Bonchev–Trinajstić information content (AvgIpc) is 3.18. The number of amides is 1. The van der Waals surface area contributed by atoms with E-state index in [-0.39, 0.29) is 12.1 Å². The Bertz CT molecular complexity index is 1300. The largest absolute Gasteiger partial charge is 0.450 e. The molecule has 5 rings (SSSR count). The van der Waals surface area contributed by atoms with Crippen molar-refractivity contribution in [2.75, 3.05) is 18.9 Å². The van der Waals surface area contributed by atoms with Crippen molar-refractivity contribution < 1.29 is 14.3 Å². The Morgan fingerprint density at radius 2 is 2.03 bits per heavy atom. The molecule has 8 nitrogen and oxygen atoms in total. The molecule has 0 aliphatic carbocycles. The second kappa shape index (κ2) is 8.63. The van der Waals surface area contributed by atoms with E-state index in [9.17, 15) is 4.79 Å². The smallest absolute Gasteiger partial charge is 0.410 e. The molecular formula is C24H22ClN5O3. The number of aromatic amines is 1. The number of anilines is 1. The Kier molecular flexibility index (Phi) is 5.51. The van der Waals surface area contributed by atoms with Gasteiger partial charge in [0.1, 0.15) is 17.6 Å². The quantitative estimate of drug-likeness (QED) is 0.436. The van der Waals surface area contributed by atoms with E-state index in [1.54, 1.807) is 11.8 Å². The van der Waals surface area contributed by atoms with Gasteiger partial charge in [0.15, 0.2) is 0 Å². The van der Waals surface area contributed by atoms with Crippen LogP contribution in [0.4, 0.5) is 10.6 Å². The molecule has 1 amide bonds. The van der Waals surface area contributed by atoms with Gasteiger partial charge < -0.3 is 20.2 Å². The Balaban J connectivity index is 1.52. The zero-order chi connectivity index (χ0) is 22.9. The number of hydrogen-bond donors (Lipinski definition) is 2. The summed E-state index contributed by atoms with van der Waals surface area (Å²) in [4.78, 5) is 26.2. The second-order valence-corrected chi connectivity index (χ2v) is 8.14. The topological polar surface area (TPSA) is 106 Å². The monoisotopic (exact) mass is 463 g/mol. The highest BCUT2D eigenvalue weighted by atomic mass is 35.5. The molecule has 0 radical (unpaired) electrons. The number of carbonyl (C=O) groups is 1. The summed E-state index contributed by atoms with van der Waals surface area (Å²) >= 11 is 6.26. The molecule has 168 valence electrons. The summed E-state index contributed by atoms with van der Waals surface area (Å²) in [6, 6.07) is 13.0. The number of H-pyrrole nitrogens is 1. The minimum Gasteiger partial charge on any atom is -0.450 e. The van der Waals surface area contributed by atoms with E-state index in [0.29, 0.717) is 42.0 Å². The van der Waals surface area contributed by atoms with Crippen LogP contribution >= 0.6 is 11.6 Å². The first kappa shape index (κ1) is 21.1. The molecular weight excluding hydrogens is 442 g/mol. The van der Waals surface area contributed by atoms with Gasteiger partial charge in [-0.2, -0.15) is 0 Å². The first-order chi connectivity index (χ1) is 16.0. The number of ether oxygens (including phenoxy) is 2. The molecule has 4 aromatic rings. The Hall–Kier alpha value is -3.78. The number of halogens is 1. The van der Waals surface area contributed by atoms with Crippen molar-refractivity contribution in [3.05, 3.63) is 76.7 Å². The van der Waals surface area contributed by atoms with Gasteiger partial charge >= 0.3 is 6.09 Å². The molecule has 2 aromatic carbocycles. The minimum absolute atomic E-state index is 0.312. The third-order valence-corrected chi connectivity index (χ3v) is 5.89. The van der Waals surface area contributed by atoms with Crippen LogP contribution in [-0.2, 0) is 11.2 Å². The molecule has 3 N–H and O–H groups in total. The number of aromatic nitrogens is 3. The maximum Gasteiger partial charge on any atom is 0.410 e. The zero-order valence-electron chi connectivity index (χ0n) is 17.9. The van der Waals surface area contributed by atoms with Gasteiger partial charge in [0, 0.05) is 28.2 Å². The van der Waals surface area contributed by atoms with Crippen LogP contribution in [0.15, 0.2) is 54.9 Å². The van der Waals surface area contributed by atoms with E-state index < -0.39 is 0 Å². The van der Waals surface area contributed by atoms with Gasteiger partial charge in [-0.15, -0.1) is 0 Å². The molecule has 0 spiro atoms. The second-order valence-electron chi connectivity index (χ2n) is 7.70. The Morgan fingerprint density at radius 1 is 1.21 bits per heavy atom. The number of hydrogen-bond acceptors (Lipinski definition) is 6. The predicted molar refractivity (Wildman–Crippen MR) is 126 cm³/mol. The van der Waals surface area contributed by atoms with Crippen molar-refractivity contribution in [2.24, 2.45) is 0 Å². The first-order valence-electron chi connectivity index (χ1n) is 10.6. The van der Waals surface area contributed by atoms with Gasteiger partial charge in [0.25, 0.3) is 0 Å². The van der Waals surface area contributed by atoms with Crippen LogP contribution in [0.3, 0.4) is 0 Å². The molecule has 0 saturated carbocycles. The molecule has 0 fully saturated rings. The van der Waals surface area contributed by atoms with Crippen molar-refractivity contribution in [3.8, 4) is 11.6 Å². The minimum atomic E-state index is -0.345. The van der Waals surface area contributed by atoms with Gasteiger partial charge in [-0.05, 0) is 54.8 Å². The molecule has 2 aromatic heterocycles. The number of nitrogens with one attached hydrogen (secondary N) is 1. The number of nitrogens with zero attached hydrogens (tertiary/aromatic N) is 3. The Morgan fingerprint density at radius 3 is 2.76 bits per heavy atom. The Labute approximate surface area is 195 Å². The fourth-order valence-corrected chi connectivity index (χ4v) is 4.40. The molecule has 0 unspecified atom stereocenters. The van der Waals surface area contributed by atoms with Crippen LogP contribution in [0.1, 0.15) is 29.8 Å². The van der Waals surface area contributed by atoms with Crippen molar-refractivity contribution in [2.45, 2.75) is 19.4 Å². The van der Waals surface area contributed by atoms with Crippen LogP contribution < -0.4 is 10.5 Å². The summed E-state index contributed by atoms with van der Waals surface area (Å²) < 4.78 is 11.1. The van der Waals surface area contributed by atoms with E-state index >= 15 is 0 Å². The highest BCUT2D eigenvalue weighted by molar-refractivity contribution is 6.31. The van der Waals surface area contributed by atoms with Crippen molar-refractivity contribution >= 4 is 34.4 Å². The molecule has 9 heteroatoms. The number of nitrogen functional groups attached to an aromatic ring is 1. The molecule has 1 atom stereocenters. The zero-order valence-corrected chi connectivity index (χ0v) is 18.7. The molecule has 3 heterocycles. The summed E-state index contributed by atoms with van der Waals surface area (Å²) in [5.41, 5.74) is 9.62. The number of benzene rings is 2.